The first-order valence-electron chi connectivity index (χ1n) is 5.78. The van der Waals surface area contributed by atoms with Crippen molar-refractivity contribution < 1.29 is 4.92 Å². The smallest absolute Gasteiger partial charge is 0.332 e. The zero-order chi connectivity index (χ0) is 14.7. The Morgan fingerprint density at radius 1 is 1.35 bits per heavy atom. The summed E-state index contributed by atoms with van der Waals surface area (Å²) in [6.45, 7) is 3.55. The highest BCUT2D eigenvalue weighted by atomic mass is 16.6. The molecule has 2 rings (SSSR count). The Bertz CT molecular complexity index is 659. The van der Waals surface area contributed by atoms with Crippen LogP contribution in [-0.4, -0.2) is 24.9 Å². The molecule has 9 nitrogen and oxygen atoms in total. The fourth-order valence-corrected chi connectivity index (χ4v) is 1.71. The van der Waals surface area contributed by atoms with Crippen LogP contribution in [0, 0.1) is 24.0 Å². The van der Waals surface area contributed by atoms with Gasteiger partial charge in [-0.1, -0.05) is 0 Å². The molecule has 0 atom stereocenters. The summed E-state index contributed by atoms with van der Waals surface area (Å²) in [6.07, 6.45) is 1.62. The molecule has 0 aliphatic heterocycles. The largest absolute Gasteiger partial charge is 0.368 e. The van der Waals surface area contributed by atoms with Gasteiger partial charge >= 0.3 is 5.69 Å². The van der Waals surface area contributed by atoms with E-state index in [0.29, 0.717) is 11.5 Å². The minimum absolute atomic E-state index is 0.0190. The average Bonchev–Trinajstić information content (AvgIpc) is 2.35. The van der Waals surface area contributed by atoms with E-state index in [0.717, 1.165) is 0 Å². The van der Waals surface area contributed by atoms with Gasteiger partial charge in [0.05, 0.1) is 17.2 Å². The minimum Gasteiger partial charge on any atom is -0.368 e. The van der Waals surface area contributed by atoms with Gasteiger partial charge in [-0.05, 0) is 19.9 Å². The van der Waals surface area contributed by atoms with Gasteiger partial charge in [-0.2, -0.15) is 4.98 Å². The normalized spacial score (nSPS) is 10.3. The van der Waals surface area contributed by atoms with Gasteiger partial charge in [0, 0.05) is 6.20 Å². The second-order valence-corrected chi connectivity index (χ2v) is 4.07. The fourth-order valence-electron chi connectivity index (χ4n) is 1.71. The Labute approximate surface area is 114 Å². The molecule has 0 fully saturated rings. The Kier molecular flexibility index (Phi) is 3.69. The molecule has 0 saturated carbocycles. The molecule has 0 spiro atoms. The van der Waals surface area contributed by atoms with Gasteiger partial charge in [0.1, 0.15) is 11.5 Å². The number of nitrogen functional groups attached to an aromatic ring is 1. The average molecular weight is 275 g/mol. The molecule has 9 heteroatoms. The predicted octanol–water partition coefficient (Wildman–Crippen LogP) is 0.986. The van der Waals surface area contributed by atoms with E-state index in [1.807, 2.05) is 0 Å². The highest BCUT2D eigenvalue weighted by Crippen LogP contribution is 2.25. The van der Waals surface area contributed by atoms with Crippen LogP contribution in [0.4, 0.5) is 17.5 Å². The molecule has 2 heterocycles. The molecule has 0 bridgehead atoms. The number of hydrogen-bond donors (Lipinski definition) is 2. The predicted molar refractivity (Wildman–Crippen MR) is 71.9 cm³/mol. The van der Waals surface area contributed by atoms with Crippen LogP contribution in [0.2, 0.25) is 0 Å². The first kappa shape index (κ1) is 13.6. The van der Waals surface area contributed by atoms with Gasteiger partial charge in [0.15, 0.2) is 0 Å². The monoisotopic (exact) mass is 275 g/mol. The Balaban J connectivity index is 2.27. The van der Waals surface area contributed by atoms with Crippen LogP contribution < -0.4 is 11.1 Å². The third-order valence-electron chi connectivity index (χ3n) is 2.53. The third-order valence-corrected chi connectivity index (χ3v) is 2.53. The molecule has 0 aliphatic carbocycles. The Morgan fingerprint density at radius 2 is 2.10 bits per heavy atom. The number of anilines is 2. The van der Waals surface area contributed by atoms with Crippen molar-refractivity contribution in [2.24, 2.45) is 0 Å². The molecule has 0 unspecified atom stereocenters. The van der Waals surface area contributed by atoms with Crippen LogP contribution in [-0.2, 0) is 6.54 Å². The third kappa shape index (κ3) is 2.94. The summed E-state index contributed by atoms with van der Waals surface area (Å²) >= 11 is 0. The lowest BCUT2D eigenvalue weighted by atomic mass is 10.3. The Morgan fingerprint density at radius 3 is 2.75 bits per heavy atom. The molecule has 0 amide bonds. The van der Waals surface area contributed by atoms with Gasteiger partial charge in [-0.15, -0.1) is 0 Å². The summed E-state index contributed by atoms with van der Waals surface area (Å²) in [5.74, 6) is 0.683. The lowest BCUT2D eigenvalue weighted by Crippen LogP contribution is -2.10. The lowest BCUT2D eigenvalue weighted by molar-refractivity contribution is -0.385. The summed E-state index contributed by atoms with van der Waals surface area (Å²) in [4.78, 5) is 26.3. The number of nitro groups is 1. The Hall–Kier alpha value is -2.84. The number of nitrogens with one attached hydrogen (secondary N) is 1. The summed E-state index contributed by atoms with van der Waals surface area (Å²) in [7, 11) is 0. The van der Waals surface area contributed by atoms with Crippen LogP contribution >= 0.6 is 0 Å². The number of nitrogens with two attached hydrogens (primary N) is 1. The maximum atomic E-state index is 11.0. The van der Waals surface area contributed by atoms with E-state index in [2.05, 4.69) is 25.3 Å². The molecule has 0 radical (unpaired) electrons. The van der Waals surface area contributed by atoms with Crippen molar-refractivity contribution in [3.05, 3.63) is 39.6 Å². The molecule has 2 aromatic heterocycles. The van der Waals surface area contributed by atoms with Gasteiger partial charge in [0.2, 0.25) is 11.8 Å². The van der Waals surface area contributed by atoms with Crippen molar-refractivity contribution in [2.45, 2.75) is 20.4 Å². The topological polar surface area (TPSA) is 133 Å². The summed E-state index contributed by atoms with van der Waals surface area (Å²) < 4.78 is 0. The van der Waals surface area contributed by atoms with E-state index < -0.39 is 4.92 Å². The number of rotatable bonds is 4. The minimum atomic E-state index is -0.539. The standard InChI is InChI=1S/C11H13N7O2/c1-6-9(18(19)20)10(17-11(12)15-6)14-5-8-3-4-13-7(2)16-8/h3-4H,5H2,1-2H3,(H3,12,14,15,17). The van der Waals surface area contributed by atoms with Gasteiger partial charge in [-0.25, -0.2) is 15.0 Å². The van der Waals surface area contributed by atoms with E-state index >= 15 is 0 Å². The van der Waals surface area contributed by atoms with E-state index in [1.54, 1.807) is 19.2 Å². The van der Waals surface area contributed by atoms with E-state index in [4.69, 9.17) is 5.73 Å². The van der Waals surface area contributed by atoms with Crippen molar-refractivity contribution in [1.82, 2.24) is 19.9 Å². The number of nitrogens with zero attached hydrogens (tertiary/aromatic N) is 5. The number of aryl methyl sites for hydroxylation is 2. The SMILES string of the molecule is Cc1nccc(CNc2nc(N)nc(C)c2[N+](=O)[O-])n1. The van der Waals surface area contributed by atoms with Crippen LogP contribution in [0.25, 0.3) is 0 Å². The van der Waals surface area contributed by atoms with Crippen LogP contribution in [0.1, 0.15) is 17.2 Å². The van der Waals surface area contributed by atoms with Gasteiger partial charge < -0.3 is 11.1 Å². The summed E-state index contributed by atoms with van der Waals surface area (Å²) in [5, 5.41) is 13.9. The highest BCUT2D eigenvalue weighted by Gasteiger charge is 2.21. The lowest BCUT2D eigenvalue weighted by Gasteiger charge is -2.08. The number of aromatic nitrogens is 4. The molecule has 104 valence electrons. The molecule has 3 N–H and O–H groups in total. The molecule has 20 heavy (non-hydrogen) atoms. The first-order valence-corrected chi connectivity index (χ1v) is 5.78. The van der Waals surface area contributed by atoms with Crippen molar-refractivity contribution in [1.29, 1.82) is 0 Å². The van der Waals surface area contributed by atoms with E-state index in [-0.39, 0.29) is 29.7 Å². The molecule has 0 saturated heterocycles. The van der Waals surface area contributed by atoms with Gasteiger partial charge in [-0.3, -0.25) is 10.1 Å². The molecule has 0 aromatic carbocycles. The van der Waals surface area contributed by atoms with Crippen molar-refractivity contribution in [3.8, 4) is 0 Å². The molecular weight excluding hydrogens is 262 g/mol. The zero-order valence-corrected chi connectivity index (χ0v) is 11.0. The zero-order valence-electron chi connectivity index (χ0n) is 11.0. The van der Waals surface area contributed by atoms with Gasteiger partial charge in [0.25, 0.3) is 0 Å². The van der Waals surface area contributed by atoms with Crippen molar-refractivity contribution >= 4 is 17.5 Å². The second-order valence-electron chi connectivity index (χ2n) is 4.07. The van der Waals surface area contributed by atoms with E-state index in [9.17, 15) is 10.1 Å². The molecule has 0 aliphatic rings. The van der Waals surface area contributed by atoms with Crippen molar-refractivity contribution in [3.63, 3.8) is 0 Å². The van der Waals surface area contributed by atoms with E-state index in [1.165, 1.54) is 6.92 Å². The fraction of sp³-hybridized carbons (Fsp3) is 0.273. The van der Waals surface area contributed by atoms with Crippen LogP contribution in [0.3, 0.4) is 0 Å². The van der Waals surface area contributed by atoms with Crippen molar-refractivity contribution in [2.75, 3.05) is 11.1 Å². The number of hydrogen-bond acceptors (Lipinski definition) is 8. The maximum Gasteiger partial charge on any atom is 0.332 e. The van der Waals surface area contributed by atoms with Crippen LogP contribution in [0.5, 0.6) is 0 Å². The summed E-state index contributed by atoms with van der Waals surface area (Å²) in [5.41, 5.74) is 6.23. The quantitative estimate of drug-likeness (QED) is 0.623. The molecular formula is C11H13N7O2. The molecule has 2 aromatic rings. The highest BCUT2D eigenvalue weighted by molar-refractivity contribution is 5.60. The summed E-state index contributed by atoms with van der Waals surface area (Å²) in [6, 6.07) is 1.71. The second kappa shape index (κ2) is 5.43. The first-order chi connectivity index (χ1) is 9.47. The van der Waals surface area contributed by atoms with Crippen LogP contribution in [0.15, 0.2) is 12.3 Å². The maximum absolute atomic E-state index is 11.0.